The Morgan fingerprint density at radius 3 is 2.36 bits per heavy atom. The van der Waals surface area contributed by atoms with Crippen LogP contribution in [0.5, 0.6) is 0 Å². The SMILES string of the molecule is CC(=O)N1CCN(c2cc3c(c(C)c2F)c(=O)c(C(=O)O)cn3C2CC2)CC1. The van der Waals surface area contributed by atoms with Crippen molar-refractivity contribution in [3.8, 4) is 0 Å². The number of amides is 1. The Labute approximate surface area is 161 Å². The van der Waals surface area contributed by atoms with E-state index in [1.807, 2.05) is 9.47 Å². The van der Waals surface area contributed by atoms with Crippen LogP contribution in [0.1, 0.15) is 41.7 Å². The van der Waals surface area contributed by atoms with Crippen molar-refractivity contribution in [2.24, 2.45) is 0 Å². The van der Waals surface area contributed by atoms with E-state index < -0.39 is 17.2 Å². The predicted molar refractivity (Wildman–Crippen MR) is 103 cm³/mol. The minimum absolute atomic E-state index is 0.00131. The summed E-state index contributed by atoms with van der Waals surface area (Å²) in [5.41, 5.74) is 0.156. The van der Waals surface area contributed by atoms with Crippen molar-refractivity contribution >= 4 is 28.5 Å². The van der Waals surface area contributed by atoms with E-state index in [2.05, 4.69) is 0 Å². The molecular formula is C20H22FN3O4. The van der Waals surface area contributed by atoms with Crippen LogP contribution in [0.4, 0.5) is 10.1 Å². The number of carbonyl (C=O) groups is 2. The highest BCUT2D eigenvalue weighted by Gasteiger charge is 2.30. The molecule has 148 valence electrons. The van der Waals surface area contributed by atoms with Crippen LogP contribution in [0.25, 0.3) is 10.9 Å². The van der Waals surface area contributed by atoms with E-state index in [9.17, 15) is 19.5 Å². The quantitative estimate of drug-likeness (QED) is 0.873. The molecule has 2 aliphatic rings. The predicted octanol–water partition coefficient (Wildman–Crippen LogP) is 2.15. The molecule has 0 unspecified atom stereocenters. The summed E-state index contributed by atoms with van der Waals surface area (Å²) in [6, 6.07) is 1.79. The molecule has 28 heavy (non-hydrogen) atoms. The van der Waals surface area contributed by atoms with Gasteiger partial charge in [-0.05, 0) is 25.8 Å². The molecule has 1 aliphatic heterocycles. The number of hydrogen-bond donors (Lipinski definition) is 1. The van der Waals surface area contributed by atoms with E-state index in [0.29, 0.717) is 37.4 Å². The topological polar surface area (TPSA) is 82.8 Å². The first kappa shape index (κ1) is 18.5. The molecule has 7 nitrogen and oxygen atoms in total. The van der Waals surface area contributed by atoms with Gasteiger partial charge in [0.2, 0.25) is 11.3 Å². The second kappa shape index (κ2) is 6.61. The average Bonchev–Trinajstić information content (AvgIpc) is 3.49. The Morgan fingerprint density at radius 2 is 1.82 bits per heavy atom. The number of benzene rings is 1. The molecule has 8 heteroatoms. The highest BCUT2D eigenvalue weighted by Crippen LogP contribution is 2.39. The van der Waals surface area contributed by atoms with Crippen molar-refractivity contribution in [1.82, 2.24) is 9.47 Å². The number of aryl methyl sites for hydroxylation is 1. The highest BCUT2D eigenvalue weighted by molar-refractivity contribution is 5.95. The van der Waals surface area contributed by atoms with Gasteiger partial charge in [0.15, 0.2) is 0 Å². The third-order valence-corrected chi connectivity index (χ3v) is 5.71. The zero-order chi connectivity index (χ0) is 20.2. The molecule has 2 heterocycles. The summed E-state index contributed by atoms with van der Waals surface area (Å²) in [7, 11) is 0. The van der Waals surface area contributed by atoms with Crippen LogP contribution in [-0.4, -0.2) is 52.6 Å². The van der Waals surface area contributed by atoms with Crippen molar-refractivity contribution in [3.05, 3.63) is 39.4 Å². The maximum atomic E-state index is 15.2. The third kappa shape index (κ3) is 2.93. The average molecular weight is 387 g/mol. The van der Waals surface area contributed by atoms with E-state index in [0.717, 1.165) is 12.8 Å². The van der Waals surface area contributed by atoms with Crippen LogP contribution in [0, 0.1) is 12.7 Å². The molecule has 1 N–H and O–H groups in total. The van der Waals surface area contributed by atoms with Crippen molar-refractivity contribution < 1.29 is 19.1 Å². The molecule has 2 fully saturated rings. The normalized spacial score (nSPS) is 17.2. The third-order valence-electron chi connectivity index (χ3n) is 5.71. The zero-order valence-electron chi connectivity index (χ0n) is 15.9. The van der Waals surface area contributed by atoms with Crippen LogP contribution in [0.3, 0.4) is 0 Å². The number of carboxylic acids is 1. The molecule has 4 rings (SSSR count). The van der Waals surface area contributed by atoms with Crippen LogP contribution in [0.2, 0.25) is 0 Å². The number of carbonyl (C=O) groups excluding carboxylic acids is 1. The molecule has 2 aromatic rings. The fraction of sp³-hybridized carbons (Fsp3) is 0.450. The number of rotatable bonds is 3. The monoisotopic (exact) mass is 387 g/mol. The second-order valence-electron chi connectivity index (χ2n) is 7.54. The van der Waals surface area contributed by atoms with Crippen molar-refractivity contribution in [2.75, 3.05) is 31.1 Å². The molecule has 1 aliphatic carbocycles. The molecule has 0 spiro atoms. The molecule has 1 saturated carbocycles. The highest BCUT2D eigenvalue weighted by atomic mass is 19.1. The lowest BCUT2D eigenvalue weighted by Crippen LogP contribution is -2.48. The van der Waals surface area contributed by atoms with E-state index in [1.165, 1.54) is 20.0 Å². The number of pyridine rings is 1. The summed E-state index contributed by atoms with van der Waals surface area (Å²) in [6.45, 7) is 5.07. The minimum Gasteiger partial charge on any atom is -0.477 e. The summed E-state index contributed by atoms with van der Waals surface area (Å²) in [4.78, 5) is 39.4. The first-order chi connectivity index (χ1) is 13.3. The van der Waals surface area contributed by atoms with Crippen LogP contribution in [-0.2, 0) is 4.79 Å². The number of nitrogens with zero attached hydrogens (tertiary/aromatic N) is 3. The Hall–Kier alpha value is -2.90. The number of fused-ring (bicyclic) bond motifs is 1. The minimum atomic E-state index is -1.30. The number of aromatic nitrogens is 1. The van der Waals surface area contributed by atoms with Crippen LogP contribution in [0.15, 0.2) is 17.1 Å². The lowest BCUT2D eigenvalue weighted by atomic mass is 10.0. The standard InChI is InChI=1S/C20H22FN3O4/c1-11-17-15(24(13-3-4-13)10-14(19(17)26)20(27)28)9-16(18(11)21)23-7-5-22(6-8-23)12(2)25/h9-10,13H,3-8H2,1-2H3,(H,27,28). The molecule has 1 aromatic heterocycles. The summed E-state index contributed by atoms with van der Waals surface area (Å²) in [5.74, 6) is -1.81. The fourth-order valence-electron chi connectivity index (χ4n) is 3.95. The smallest absolute Gasteiger partial charge is 0.341 e. The van der Waals surface area contributed by atoms with E-state index in [1.54, 1.807) is 11.0 Å². The number of piperazine rings is 1. The first-order valence-corrected chi connectivity index (χ1v) is 9.41. The molecule has 0 radical (unpaired) electrons. The Kier molecular flexibility index (Phi) is 4.36. The summed E-state index contributed by atoms with van der Waals surface area (Å²) >= 11 is 0. The second-order valence-corrected chi connectivity index (χ2v) is 7.54. The van der Waals surface area contributed by atoms with Gasteiger partial charge in [0.1, 0.15) is 11.4 Å². The lowest BCUT2D eigenvalue weighted by Gasteiger charge is -2.36. The largest absolute Gasteiger partial charge is 0.477 e. The Bertz CT molecular complexity index is 1050. The zero-order valence-corrected chi connectivity index (χ0v) is 15.9. The van der Waals surface area contributed by atoms with Gasteiger partial charge in [0, 0.05) is 50.9 Å². The summed E-state index contributed by atoms with van der Waals surface area (Å²) < 4.78 is 17.0. The van der Waals surface area contributed by atoms with Gasteiger partial charge in [-0.3, -0.25) is 9.59 Å². The van der Waals surface area contributed by atoms with Crippen LogP contribution >= 0.6 is 0 Å². The van der Waals surface area contributed by atoms with Gasteiger partial charge in [0.25, 0.3) is 0 Å². The number of hydrogen-bond acceptors (Lipinski definition) is 4. The molecular weight excluding hydrogens is 365 g/mol. The number of anilines is 1. The van der Waals surface area contributed by atoms with Gasteiger partial charge in [0.05, 0.1) is 16.6 Å². The van der Waals surface area contributed by atoms with E-state index >= 15 is 4.39 Å². The lowest BCUT2D eigenvalue weighted by molar-refractivity contribution is -0.129. The number of halogens is 1. The number of aromatic carboxylic acids is 1. The van der Waals surface area contributed by atoms with Crippen molar-refractivity contribution in [1.29, 1.82) is 0 Å². The fourth-order valence-corrected chi connectivity index (χ4v) is 3.95. The van der Waals surface area contributed by atoms with Crippen molar-refractivity contribution in [2.45, 2.75) is 32.7 Å². The molecule has 0 bridgehead atoms. The summed E-state index contributed by atoms with van der Waals surface area (Å²) in [5, 5.41) is 9.53. The molecule has 1 saturated heterocycles. The van der Waals surface area contributed by atoms with E-state index in [-0.39, 0.29) is 28.5 Å². The maximum absolute atomic E-state index is 15.2. The molecule has 1 aromatic carbocycles. The summed E-state index contributed by atoms with van der Waals surface area (Å²) in [6.07, 6.45) is 3.19. The van der Waals surface area contributed by atoms with Gasteiger partial charge in [-0.15, -0.1) is 0 Å². The van der Waals surface area contributed by atoms with Gasteiger partial charge in [-0.1, -0.05) is 0 Å². The van der Waals surface area contributed by atoms with Gasteiger partial charge < -0.3 is 19.5 Å². The maximum Gasteiger partial charge on any atom is 0.341 e. The Balaban J connectivity index is 1.87. The molecule has 0 atom stereocenters. The van der Waals surface area contributed by atoms with Crippen LogP contribution < -0.4 is 10.3 Å². The molecule has 1 amide bonds. The first-order valence-electron chi connectivity index (χ1n) is 9.41. The van der Waals surface area contributed by atoms with Crippen molar-refractivity contribution in [3.63, 3.8) is 0 Å². The van der Waals surface area contributed by atoms with Gasteiger partial charge in [-0.25, -0.2) is 9.18 Å². The van der Waals surface area contributed by atoms with Gasteiger partial charge >= 0.3 is 5.97 Å². The Morgan fingerprint density at radius 1 is 1.18 bits per heavy atom. The number of carboxylic acid groups (broad SMARTS) is 1. The van der Waals surface area contributed by atoms with E-state index in [4.69, 9.17) is 0 Å². The van der Waals surface area contributed by atoms with Gasteiger partial charge in [-0.2, -0.15) is 0 Å².